The van der Waals surface area contributed by atoms with Crippen molar-refractivity contribution in [2.24, 2.45) is 0 Å². The van der Waals surface area contributed by atoms with Crippen molar-refractivity contribution in [3.05, 3.63) is 81.0 Å². The third kappa shape index (κ3) is 3.43. The molecule has 0 radical (unpaired) electrons. The molecule has 4 aromatic rings. The Morgan fingerprint density at radius 2 is 2.00 bits per heavy atom. The molecule has 0 aliphatic rings. The van der Waals surface area contributed by atoms with Gasteiger partial charge in [-0.2, -0.15) is 5.26 Å². The van der Waals surface area contributed by atoms with E-state index in [9.17, 15) is 10.1 Å². The number of aromatic nitrogens is 1. The van der Waals surface area contributed by atoms with Gasteiger partial charge in [-0.05, 0) is 35.9 Å². The van der Waals surface area contributed by atoms with Crippen LogP contribution in [0.4, 0.5) is 0 Å². The number of nitriles is 1. The number of para-hydroxylation sites is 1. The fourth-order valence-electron chi connectivity index (χ4n) is 2.77. The Kier molecular flexibility index (Phi) is 4.75. The number of ether oxygens (including phenoxy) is 1. The number of thiazole rings is 1. The van der Waals surface area contributed by atoms with Gasteiger partial charge in [-0.3, -0.25) is 0 Å². The first-order valence-corrected chi connectivity index (χ1v) is 9.31. The first-order chi connectivity index (χ1) is 13.7. The first kappa shape index (κ1) is 17.7. The van der Waals surface area contributed by atoms with E-state index in [4.69, 9.17) is 9.15 Å². The highest BCUT2D eigenvalue weighted by atomic mass is 32.1. The minimum Gasteiger partial charge on any atom is -0.497 e. The predicted octanol–water partition coefficient (Wildman–Crippen LogP) is 4.99. The van der Waals surface area contributed by atoms with E-state index in [1.54, 1.807) is 30.7 Å². The highest BCUT2D eigenvalue weighted by Crippen LogP contribution is 2.27. The number of methoxy groups -OCH3 is 1. The molecule has 2 aromatic heterocycles. The number of benzene rings is 2. The minimum atomic E-state index is -0.451. The average molecular weight is 386 g/mol. The van der Waals surface area contributed by atoms with Crippen molar-refractivity contribution < 1.29 is 9.15 Å². The summed E-state index contributed by atoms with van der Waals surface area (Å²) in [7, 11) is 1.60. The molecule has 0 aliphatic heterocycles. The molecule has 136 valence electrons. The summed E-state index contributed by atoms with van der Waals surface area (Å²) in [6, 6.07) is 18.6. The van der Waals surface area contributed by atoms with Gasteiger partial charge in [0.15, 0.2) is 0 Å². The normalized spacial score (nSPS) is 11.4. The molecule has 0 atom stereocenters. The molecule has 2 aromatic carbocycles. The fourth-order valence-corrected chi connectivity index (χ4v) is 3.56. The Hall–Kier alpha value is -3.69. The van der Waals surface area contributed by atoms with Gasteiger partial charge in [0.25, 0.3) is 0 Å². The van der Waals surface area contributed by atoms with E-state index >= 15 is 0 Å². The molecule has 0 N–H and O–H groups in total. The molecule has 0 amide bonds. The van der Waals surface area contributed by atoms with Crippen molar-refractivity contribution in [3.8, 4) is 23.1 Å². The summed E-state index contributed by atoms with van der Waals surface area (Å²) in [5, 5.41) is 12.7. The van der Waals surface area contributed by atoms with Crippen molar-refractivity contribution in [1.82, 2.24) is 4.98 Å². The van der Waals surface area contributed by atoms with Crippen molar-refractivity contribution in [3.63, 3.8) is 0 Å². The van der Waals surface area contributed by atoms with Crippen LogP contribution in [0.25, 0.3) is 33.9 Å². The van der Waals surface area contributed by atoms with Crippen LogP contribution in [0.5, 0.6) is 5.75 Å². The van der Waals surface area contributed by atoms with Crippen LogP contribution < -0.4 is 10.4 Å². The van der Waals surface area contributed by atoms with Gasteiger partial charge in [0, 0.05) is 10.8 Å². The molecule has 0 saturated carbocycles. The number of allylic oxidation sites excluding steroid dienone is 1. The maximum Gasteiger partial charge on any atom is 0.345 e. The second kappa shape index (κ2) is 7.51. The van der Waals surface area contributed by atoms with Crippen LogP contribution in [0.15, 0.2) is 69.2 Å². The van der Waals surface area contributed by atoms with Crippen LogP contribution in [0, 0.1) is 11.3 Å². The smallest absolute Gasteiger partial charge is 0.345 e. The van der Waals surface area contributed by atoms with Crippen LogP contribution in [-0.2, 0) is 0 Å². The van der Waals surface area contributed by atoms with Gasteiger partial charge in [-0.15, -0.1) is 11.3 Å². The van der Waals surface area contributed by atoms with E-state index in [1.807, 2.05) is 42.5 Å². The largest absolute Gasteiger partial charge is 0.497 e. The van der Waals surface area contributed by atoms with E-state index in [-0.39, 0.29) is 0 Å². The first-order valence-electron chi connectivity index (χ1n) is 8.43. The number of hydrogen-bond acceptors (Lipinski definition) is 6. The zero-order chi connectivity index (χ0) is 19.5. The van der Waals surface area contributed by atoms with Gasteiger partial charge in [0.2, 0.25) is 0 Å². The lowest BCUT2D eigenvalue weighted by Gasteiger charge is -2.00. The number of fused-ring (bicyclic) bond motifs is 1. The van der Waals surface area contributed by atoms with E-state index in [1.165, 1.54) is 11.3 Å². The third-order valence-electron chi connectivity index (χ3n) is 4.20. The fraction of sp³-hybridized carbons (Fsp3) is 0.0455. The maximum atomic E-state index is 12.3. The highest BCUT2D eigenvalue weighted by molar-refractivity contribution is 7.11. The summed E-state index contributed by atoms with van der Waals surface area (Å²) in [5.41, 5.74) is 2.24. The van der Waals surface area contributed by atoms with E-state index in [0.717, 1.165) is 16.7 Å². The Bertz CT molecular complexity index is 1280. The maximum absolute atomic E-state index is 12.3. The topological polar surface area (TPSA) is 76.1 Å². The minimum absolute atomic E-state index is 0.378. The van der Waals surface area contributed by atoms with Gasteiger partial charge in [-0.1, -0.05) is 30.3 Å². The van der Waals surface area contributed by atoms with Gasteiger partial charge < -0.3 is 9.15 Å². The van der Waals surface area contributed by atoms with E-state index in [0.29, 0.717) is 27.4 Å². The van der Waals surface area contributed by atoms with Crippen LogP contribution in [0.1, 0.15) is 10.6 Å². The molecule has 0 fully saturated rings. The zero-order valence-corrected chi connectivity index (χ0v) is 15.7. The lowest BCUT2D eigenvalue weighted by molar-refractivity contribution is 0.415. The van der Waals surface area contributed by atoms with E-state index in [2.05, 4.69) is 11.1 Å². The number of nitrogens with zero attached hydrogens (tertiary/aromatic N) is 2. The second-order valence-electron chi connectivity index (χ2n) is 5.97. The van der Waals surface area contributed by atoms with Gasteiger partial charge in [0.1, 0.15) is 22.4 Å². The molecule has 4 rings (SSSR count). The summed E-state index contributed by atoms with van der Waals surface area (Å²) in [4.78, 5) is 16.8. The SMILES string of the molecule is COc1ccc(/C=C(\C#N)c2nc(-c3cc4ccccc4oc3=O)cs2)cc1. The molecular weight excluding hydrogens is 372 g/mol. The molecule has 0 unspecified atom stereocenters. The predicted molar refractivity (Wildman–Crippen MR) is 110 cm³/mol. The van der Waals surface area contributed by atoms with Crippen LogP contribution in [0.3, 0.4) is 0 Å². The monoisotopic (exact) mass is 386 g/mol. The summed E-state index contributed by atoms with van der Waals surface area (Å²) < 4.78 is 10.5. The third-order valence-corrected chi connectivity index (χ3v) is 5.07. The molecular formula is C22H14N2O3S. The second-order valence-corrected chi connectivity index (χ2v) is 6.82. The van der Waals surface area contributed by atoms with Crippen LogP contribution in [-0.4, -0.2) is 12.1 Å². The van der Waals surface area contributed by atoms with Crippen molar-refractivity contribution in [1.29, 1.82) is 5.26 Å². The lowest BCUT2D eigenvalue weighted by Crippen LogP contribution is -2.02. The van der Waals surface area contributed by atoms with Crippen LogP contribution >= 0.6 is 11.3 Å². The summed E-state index contributed by atoms with van der Waals surface area (Å²) in [6.45, 7) is 0. The quantitative estimate of drug-likeness (QED) is 0.365. The van der Waals surface area contributed by atoms with Gasteiger partial charge >= 0.3 is 5.63 Å². The number of hydrogen-bond donors (Lipinski definition) is 0. The Morgan fingerprint density at radius 1 is 1.21 bits per heavy atom. The summed E-state index contributed by atoms with van der Waals surface area (Å²) >= 11 is 1.31. The lowest BCUT2D eigenvalue weighted by atomic mass is 10.1. The van der Waals surface area contributed by atoms with Crippen molar-refractivity contribution in [2.45, 2.75) is 0 Å². The molecule has 28 heavy (non-hydrogen) atoms. The Balaban J connectivity index is 1.71. The van der Waals surface area contributed by atoms with Crippen molar-refractivity contribution in [2.75, 3.05) is 7.11 Å². The standard InChI is InChI=1S/C22H14N2O3S/c1-26-17-8-6-14(7-9-17)10-16(12-23)21-24-19(13-28-21)18-11-15-4-2-3-5-20(15)27-22(18)25/h2-11,13H,1H3/b16-10+. The van der Waals surface area contributed by atoms with Crippen molar-refractivity contribution >= 4 is 34.0 Å². The molecule has 0 bridgehead atoms. The number of rotatable bonds is 4. The zero-order valence-electron chi connectivity index (χ0n) is 14.9. The Morgan fingerprint density at radius 3 is 2.75 bits per heavy atom. The molecule has 5 nitrogen and oxygen atoms in total. The molecule has 0 saturated heterocycles. The average Bonchev–Trinajstić information content (AvgIpc) is 3.21. The van der Waals surface area contributed by atoms with Gasteiger partial charge in [0.05, 0.1) is 23.9 Å². The summed E-state index contributed by atoms with van der Waals surface area (Å²) in [5.74, 6) is 0.746. The molecule has 2 heterocycles. The van der Waals surface area contributed by atoms with Gasteiger partial charge in [-0.25, -0.2) is 9.78 Å². The van der Waals surface area contributed by atoms with E-state index < -0.39 is 5.63 Å². The molecule has 0 aliphatic carbocycles. The highest BCUT2D eigenvalue weighted by Gasteiger charge is 2.13. The summed E-state index contributed by atoms with van der Waals surface area (Å²) in [6.07, 6.45) is 1.75. The Labute approximate surface area is 164 Å². The molecule has 0 spiro atoms. The molecule has 6 heteroatoms. The van der Waals surface area contributed by atoms with Crippen LogP contribution in [0.2, 0.25) is 0 Å².